The van der Waals surface area contributed by atoms with Gasteiger partial charge in [-0.1, -0.05) is 18.5 Å². The smallest absolute Gasteiger partial charge is 0.244 e. The summed E-state index contributed by atoms with van der Waals surface area (Å²) in [6.45, 7) is 1.84. The van der Waals surface area contributed by atoms with Crippen LogP contribution in [0.1, 0.15) is 18.9 Å². The Kier molecular flexibility index (Phi) is 5.40. The Morgan fingerprint density at radius 1 is 1.44 bits per heavy atom. The van der Waals surface area contributed by atoms with Crippen LogP contribution in [0, 0.1) is 0 Å². The minimum atomic E-state index is -3.69. The van der Waals surface area contributed by atoms with Gasteiger partial charge >= 0.3 is 0 Å². The monoisotopic (exact) mass is 293 g/mol. The molecule has 0 bridgehead atoms. The summed E-state index contributed by atoms with van der Waals surface area (Å²) in [5.74, 6) is 0.116. The molecule has 0 aliphatic heterocycles. The van der Waals surface area contributed by atoms with Gasteiger partial charge in [0.15, 0.2) is 0 Å². The number of benzene rings is 1. The molecule has 0 radical (unpaired) electrons. The fourth-order valence-electron chi connectivity index (χ4n) is 1.49. The molecule has 18 heavy (non-hydrogen) atoms. The molecule has 0 saturated heterocycles. The summed E-state index contributed by atoms with van der Waals surface area (Å²) < 4.78 is 31.6. The van der Waals surface area contributed by atoms with Crippen molar-refractivity contribution >= 4 is 21.6 Å². The number of aliphatic hydroxyl groups excluding tert-OH is 1. The van der Waals surface area contributed by atoms with Crippen LogP contribution in [0.5, 0.6) is 5.75 Å². The summed E-state index contributed by atoms with van der Waals surface area (Å²) in [6.07, 6.45) is 0.676. The minimum Gasteiger partial charge on any atom is -0.495 e. The van der Waals surface area contributed by atoms with Crippen molar-refractivity contribution in [2.45, 2.75) is 24.8 Å². The summed E-state index contributed by atoms with van der Waals surface area (Å²) in [5, 5.41) is 9.42. The van der Waals surface area contributed by atoms with E-state index in [1.807, 2.05) is 6.92 Å². The lowest BCUT2D eigenvalue weighted by atomic mass is 10.2. The maximum absolute atomic E-state index is 12.1. The van der Waals surface area contributed by atoms with Crippen molar-refractivity contribution in [1.82, 2.24) is 4.72 Å². The van der Waals surface area contributed by atoms with Crippen LogP contribution in [0.15, 0.2) is 17.0 Å². The highest BCUT2D eigenvalue weighted by Gasteiger charge is 2.22. The maximum atomic E-state index is 12.1. The van der Waals surface area contributed by atoms with Gasteiger partial charge in [0.25, 0.3) is 0 Å². The van der Waals surface area contributed by atoms with Crippen LogP contribution < -0.4 is 9.46 Å². The number of sulfonamides is 1. The van der Waals surface area contributed by atoms with Crippen molar-refractivity contribution in [3.63, 3.8) is 0 Å². The topological polar surface area (TPSA) is 75.6 Å². The highest BCUT2D eigenvalue weighted by Crippen LogP contribution is 2.31. The SMILES string of the molecule is CCCNS(=O)(=O)c1cc(Cl)cc(CO)c1OC. The molecule has 0 atom stereocenters. The van der Waals surface area contributed by atoms with Gasteiger partial charge in [-0.25, -0.2) is 13.1 Å². The number of halogens is 1. The second-order valence-corrected chi connectivity index (χ2v) is 5.82. The quantitative estimate of drug-likeness (QED) is 0.834. The molecule has 2 N–H and O–H groups in total. The highest BCUT2D eigenvalue weighted by atomic mass is 35.5. The Labute approximate surface area is 112 Å². The molecule has 7 heteroatoms. The molecule has 0 fully saturated rings. The first-order valence-electron chi connectivity index (χ1n) is 5.43. The van der Waals surface area contributed by atoms with Crippen molar-refractivity contribution in [1.29, 1.82) is 0 Å². The largest absolute Gasteiger partial charge is 0.495 e. The van der Waals surface area contributed by atoms with Gasteiger partial charge in [-0.05, 0) is 18.6 Å². The maximum Gasteiger partial charge on any atom is 0.244 e. The molecular formula is C11H16ClNO4S. The van der Waals surface area contributed by atoms with E-state index in [2.05, 4.69) is 4.72 Å². The van der Waals surface area contributed by atoms with Gasteiger partial charge in [0, 0.05) is 17.1 Å². The summed E-state index contributed by atoms with van der Waals surface area (Å²) in [4.78, 5) is -0.0602. The number of aliphatic hydroxyl groups is 1. The summed E-state index contributed by atoms with van der Waals surface area (Å²) >= 11 is 5.84. The second-order valence-electron chi connectivity index (χ2n) is 3.65. The lowest BCUT2D eigenvalue weighted by molar-refractivity contribution is 0.272. The Balaban J connectivity index is 3.34. The van der Waals surface area contributed by atoms with E-state index in [9.17, 15) is 13.5 Å². The van der Waals surface area contributed by atoms with Crippen molar-refractivity contribution in [2.75, 3.05) is 13.7 Å². The van der Waals surface area contributed by atoms with Gasteiger partial charge in [-0.3, -0.25) is 0 Å². The molecule has 0 amide bonds. The molecule has 0 spiro atoms. The molecule has 0 unspecified atom stereocenters. The van der Waals surface area contributed by atoms with E-state index in [1.54, 1.807) is 0 Å². The molecule has 0 aliphatic rings. The fourth-order valence-corrected chi connectivity index (χ4v) is 3.16. The van der Waals surface area contributed by atoms with Gasteiger partial charge < -0.3 is 9.84 Å². The third-order valence-corrected chi connectivity index (χ3v) is 3.99. The number of ether oxygens (including phenoxy) is 1. The Bertz CT molecular complexity index is 516. The van der Waals surface area contributed by atoms with E-state index in [4.69, 9.17) is 16.3 Å². The van der Waals surface area contributed by atoms with Crippen LogP contribution in [0.3, 0.4) is 0 Å². The Hall–Kier alpha value is -0.820. The first kappa shape index (κ1) is 15.2. The average molecular weight is 294 g/mol. The van der Waals surface area contributed by atoms with Gasteiger partial charge in [0.1, 0.15) is 10.6 Å². The normalized spacial score (nSPS) is 11.6. The number of nitrogens with one attached hydrogen (secondary N) is 1. The molecule has 1 aromatic rings. The molecule has 102 valence electrons. The minimum absolute atomic E-state index is 0.0602. The summed E-state index contributed by atoms with van der Waals surface area (Å²) in [6, 6.07) is 2.77. The highest BCUT2D eigenvalue weighted by molar-refractivity contribution is 7.89. The van der Waals surface area contributed by atoms with E-state index in [1.165, 1.54) is 19.2 Å². The molecule has 0 aliphatic carbocycles. The Morgan fingerprint density at radius 3 is 2.61 bits per heavy atom. The lowest BCUT2D eigenvalue weighted by Crippen LogP contribution is -2.25. The van der Waals surface area contributed by atoms with Crippen molar-refractivity contribution in [3.05, 3.63) is 22.7 Å². The zero-order chi connectivity index (χ0) is 13.8. The third kappa shape index (κ3) is 3.35. The molecule has 1 rings (SSSR count). The van der Waals surface area contributed by atoms with Crippen LogP contribution >= 0.6 is 11.6 Å². The van der Waals surface area contributed by atoms with Crippen LogP contribution in [-0.4, -0.2) is 27.2 Å². The van der Waals surface area contributed by atoms with Gasteiger partial charge in [-0.2, -0.15) is 0 Å². The van der Waals surface area contributed by atoms with Crippen molar-refractivity contribution < 1.29 is 18.3 Å². The van der Waals surface area contributed by atoms with Crippen LogP contribution in [-0.2, 0) is 16.6 Å². The van der Waals surface area contributed by atoms with E-state index >= 15 is 0 Å². The third-order valence-electron chi connectivity index (χ3n) is 2.30. The zero-order valence-electron chi connectivity index (χ0n) is 10.2. The van der Waals surface area contributed by atoms with Gasteiger partial charge in [-0.15, -0.1) is 0 Å². The first-order valence-corrected chi connectivity index (χ1v) is 7.29. The fraction of sp³-hybridized carbons (Fsp3) is 0.455. The van der Waals surface area contributed by atoms with Crippen molar-refractivity contribution in [2.24, 2.45) is 0 Å². The second kappa shape index (κ2) is 6.38. The van der Waals surface area contributed by atoms with Crippen LogP contribution in [0.2, 0.25) is 5.02 Å². The predicted octanol–water partition coefficient (Wildman–Crippen LogP) is 1.53. The predicted molar refractivity (Wildman–Crippen MR) is 69.4 cm³/mol. The van der Waals surface area contributed by atoms with Crippen LogP contribution in [0.25, 0.3) is 0 Å². The number of hydrogen-bond donors (Lipinski definition) is 2. The number of hydrogen-bond acceptors (Lipinski definition) is 4. The molecule has 0 saturated carbocycles. The number of rotatable bonds is 6. The van der Waals surface area contributed by atoms with Gasteiger partial charge in [0.2, 0.25) is 10.0 Å². The lowest BCUT2D eigenvalue weighted by Gasteiger charge is -2.14. The summed E-state index contributed by atoms with van der Waals surface area (Å²) in [5.41, 5.74) is 0.335. The van der Waals surface area contributed by atoms with E-state index in [-0.39, 0.29) is 22.3 Å². The molecule has 5 nitrogen and oxygen atoms in total. The molecule has 0 aromatic heterocycles. The zero-order valence-corrected chi connectivity index (χ0v) is 11.8. The average Bonchev–Trinajstić information content (AvgIpc) is 2.35. The molecule has 0 heterocycles. The summed E-state index contributed by atoms with van der Waals surface area (Å²) in [7, 11) is -2.34. The molecular weight excluding hydrogens is 278 g/mol. The van der Waals surface area contributed by atoms with Crippen LogP contribution in [0.4, 0.5) is 0 Å². The van der Waals surface area contributed by atoms with Crippen molar-refractivity contribution in [3.8, 4) is 5.75 Å². The van der Waals surface area contributed by atoms with E-state index in [0.717, 1.165) is 0 Å². The van der Waals surface area contributed by atoms with Gasteiger partial charge in [0.05, 0.1) is 13.7 Å². The van der Waals surface area contributed by atoms with E-state index in [0.29, 0.717) is 18.5 Å². The number of methoxy groups -OCH3 is 1. The molecule has 1 aromatic carbocycles. The first-order chi connectivity index (χ1) is 8.46. The Morgan fingerprint density at radius 2 is 2.11 bits per heavy atom. The standard InChI is InChI=1S/C11H16ClNO4S/c1-3-4-13-18(15,16)10-6-9(12)5-8(7-14)11(10)17-2/h5-6,13-14H,3-4,7H2,1-2H3. The van der Waals surface area contributed by atoms with E-state index < -0.39 is 10.0 Å².